The molecule has 0 aliphatic carbocycles. The van der Waals surface area contributed by atoms with Crippen LogP contribution in [0.4, 0.5) is 0 Å². The number of ether oxygens (including phenoxy) is 3. The van der Waals surface area contributed by atoms with Crippen LogP contribution in [-0.4, -0.2) is 38.9 Å². The summed E-state index contributed by atoms with van der Waals surface area (Å²) in [6.07, 6.45) is 2.99. The summed E-state index contributed by atoms with van der Waals surface area (Å²) < 4.78 is 15.8. The normalized spacial score (nSPS) is 12.0. The van der Waals surface area contributed by atoms with Crippen molar-refractivity contribution in [2.45, 2.75) is 12.5 Å². The second-order valence-electron chi connectivity index (χ2n) is 5.40. The Bertz CT molecular complexity index is 717. The number of nitrogens with one attached hydrogen (secondary N) is 1. The predicted molar refractivity (Wildman–Crippen MR) is 102 cm³/mol. The second-order valence-corrected chi connectivity index (χ2v) is 6.38. The fourth-order valence-electron chi connectivity index (χ4n) is 2.38. The Morgan fingerprint density at radius 2 is 1.92 bits per heavy atom. The molecule has 1 aromatic carbocycles. The van der Waals surface area contributed by atoms with E-state index in [2.05, 4.69) is 5.32 Å². The van der Waals surface area contributed by atoms with E-state index in [1.807, 2.05) is 17.5 Å². The van der Waals surface area contributed by atoms with E-state index in [4.69, 9.17) is 14.2 Å². The van der Waals surface area contributed by atoms with Crippen molar-refractivity contribution >= 4 is 23.3 Å². The summed E-state index contributed by atoms with van der Waals surface area (Å²) in [4.78, 5) is 12.8. The van der Waals surface area contributed by atoms with E-state index in [0.29, 0.717) is 30.2 Å². The van der Waals surface area contributed by atoms with Crippen LogP contribution in [-0.2, 0) is 4.79 Å². The molecule has 2 aromatic rings. The molecule has 0 aliphatic rings. The molecule has 1 unspecified atom stereocenters. The van der Waals surface area contributed by atoms with Crippen LogP contribution in [0.15, 0.2) is 35.7 Å². The summed E-state index contributed by atoms with van der Waals surface area (Å²) in [5.41, 5.74) is 0.744. The van der Waals surface area contributed by atoms with Gasteiger partial charge in [-0.1, -0.05) is 6.07 Å². The van der Waals surface area contributed by atoms with Crippen LogP contribution in [0.1, 0.15) is 23.0 Å². The zero-order chi connectivity index (χ0) is 18.9. The summed E-state index contributed by atoms with van der Waals surface area (Å²) >= 11 is 1.50. The average Bonchev–Trinajstić information content (AvgIpc) is 3.20. The van der Waals surface area contributed by atoms with Gasteiger partial charge in [-0.15, -0.1) is 11.3 Å². The highest BCUT2D eigenvalue weighted by molar-refractivity contribution is 7.10. The number of benzene rings is 1. The molecule has 0 saturated carbocycles. The minimum atomic E-state index is -0.561. The Kier molecular flexibility index (Phi) is 7.50. The molecule has 0 aliphatic heterocycles. The molecule has 0 spiro atoms. The van der Waals surface area contributed by atoms with E-state index in [0.717, 1.165) is 10.4 Å². The van der Waals surface area contributed by atoms with Crippen LogP contribution in [0, 0.1) is 0 Å². The highest BCUT2D eigenvalue weighted by Crippen LogP contribution is 2.38. The fourth-order valence-corrected chi connectivity index (χ4v) is 3.13. The third kappa shape index (κ3) is 5.24. The Balaban J connectivity index is 1.93. The van der Waals surface area contributed by atoms with Crippen LogP contribution < -0.4 is 19.5 Å². The molecule has 0 radical (unpaired) electrons. The molecule has 0 fully saturated rings. The number of carbonyl (C=O) groups is 1. The third-order valence-corrected chi connectivity index (χ3v) is 4.68. The van der Waals surface area contributed by atoms with Crippen molar-refractivity contribution in [1.82, 2.24) is 5.32 Å². The Morgan fingerprint density at radius 1 is 1.23 bits per heavy atom. The Morgan fingerprint density at radius 3 is 2.46 bits per heavy atom. The quantitative estimate of drug-likeness (QED) is 0.657. The first-order valence-electron chi connectivity index (χ1n) is 8.06. The van der Waals surface area contributed by atoms with E-state index < -0.39 is 6.10 Å². The minimum absolute atomic E-state index is 0.239. The molecule has 0 bridgehead atoms. The van der Waals surface area contributed by atoms with E-state index in [1.54, 1.807) is 18.2 Å². The van der Waals surface area contributed by atoms with Crippen molar-refractivity contribution in [3.63, 3.8) is 0 Å². The first-order chi connectivity index (χ1) is 12.6. The van der Waals surface area contributed by atoms with Crippen molar-refractivity contribution in [2.24, 2.45) is 0 Å². The van der Waals surface area contributed by atoms with Crippen molar-refractivity contribution in [1.29, 1.82) is 0 Å². The molecule has 1 atom stereocenters. The van der Waals surface area contributed by atoms with Gasteiger partial charge in [0.25, 0.3) is 0 Å². The largest absolute Gasteiger partial charge is 0.493 e. The summed E-state index contributed by atoms with van der Waals surface area (Å²) in [5, 5.41) is 14.7. The standard InChI is InChI=1S/C19H23NO5S/c1-23-15-11-13(12-16(24-2)19(15)25-3)6-7-18(22)20-9-8-14(21)17-5-4-10-26-17/h4-7,10-12,14,21H,8-9H2,1-3H3,(H,20,22)/b7-6+. The predicted octanol–water partition coefficient (Wildman–Crippen LogP) is 3.03. The van der Waals surface area contributed by atoms with Gasteiger partial charge in [-0.2, -0.15) is 0 Å². The van der Waals surface area contributed by atoms with Crippen LogP contribution in [0.2, 0.25) is 0 Å². The van der Waals surface area contributed by atoms with Crippen molar-refractivity contribution in [3.8, 4) is 17.2 Å². The lowest BCUT2D eigenvalue weighted by atomic mass is 10.1. The number of aliphatic hydroxyl groups is 1. The topological polar surface area (TPSA) is 77.0 Å². The molecule has 7 heteroatoms. The maximum absolute atomic E-state index is 12.0. The lowest BCUT2D eigenvalue weighted by Crippen LogP contribution is -2.23. The molecule has 2 rings (SSSR count). The number of hydrogen-bond donors (Lipinski definition) is 2. The summed E-state index contributed by atoms with van der Waals surface area (Å²) in [6, 6.07) is 7.28. The van der Waals surface area contributed by atoms with Crippen molar-refractivity contribution in [2.75, 3.05) is 27.9 Å². The van der Waals surface area contributed by atoms with Crippen molar-refractivity contribution < 1.29 is 24.1 Å². The summed E-state index contributed by atoms with van der Waals surface area (Å²) in [5.74, 6) is 1.30. The van der Waals surface area contributed by atoms with Gasteiger partial charge in [-0.25, -0.2) is 0 Å². The average molecular weight is 377 g/mol. The molecule has 0 saturated heterocycles. The number of thiophene rings is 1. The molecule has 2 N–H and O–H groups in total. The van der Waals surface area contributed by atoms with Crippen LogP contribution in [0.5, 0.6) is 17.2 Å². The smallest absolute Gasteiger partial charge is 0.244 e. The number of methoxy groups -OCH3 is 3. The number of hydrogen-bond acceptors (Lipinski definition) is 6. The first-order valence-corrected chi connectivity index (χ1v) is 8.94. The third-order valence-electron chi connectivity index (χ3n) is 3.70. The highest BCUT2D eigenvalue weighted by atomic mass is 32.1. The molecular weight excluding hydrogens is 354 g/mol. The number of aliphatic hydroxyl groups excluding tert-OH is 1. The number of rotatable bonds is 9. The van der Waals surface area contributed by atoms with Gasteiger partial charge < -0.3 is 24.6 Å². The Hall–Kier alpha value is -2.51. The number of carbonyl (C=O) groups excluding carboxylic acids is 1. The van der Waals surface area contributed by atoms with Gasteiger partial charge in [0.15, 0.2) is 11.5 Å². The van der Waals surface area contributed by atoms with Crippen LogP contribution in [0.3, 0.4) is 0 Å². The van der Waals surface area contributed by atoms with Gasteiger partial charge in [0, 0.05) is 17.5 Å². The van der Waals surface area contributed by atoms with Gasteiger partial charge in [-0.05, 0) is 41.6 Å². The zero-order valence-electron chi connectivity index (χ0n) is 15.0. The van der Waals surface area contributed by atoms with Gasteiger partial charge in [-0.3, -0.25) is 4.79 Å². The molecule has 26 heavy (non-hydrogen) atoms. The summed E-state index contributed by atoms with van der Waals surface area (Å²) in [7, 11) is 4.61. The lowest BCUT2D eigenvalue weighted by Gasteiger charge is -2.12. The molecule has 1 heterocycles. The van der Waals surface area contributed by atoms with E-state index >= 15 is 0 Å². The van der Waals surface area contributed by atoms with Crippen molar-refractivity contribution in [3.05, 3.63) is 46.2 Å². The van der Waals surface area contributed by atoms with Gasteiger partial charge in [0.1, 0.15) is 0 Å². The highest BCUT2D eigenvalue weighted by Gasteiger charge is 2.12. The van der Waals surface area contributed by atoms with E-state index in [1.165, 1.54) is 38.7 Å². The first kappa shape index (κ1) is 19.8. The fraction of sp³-hybridized carbons (Fsp3) is 0.316. The maximum atomic E-state index is 12.0. The molecule has 1 aromatic heterocycles. The minimum Gasteiger partial charge on any atom is -0.493 e. The van der Waals surface area contributed by atoms with Crippen LogP contribution in [0.25, 0.3) is 6.08 Å². The second kappa shape index (κ2) is 9.84. The lowest BCUT2D eigenvalue weighted by molar-refractivity contribution is -0.116. The van der Waals surface area contributed by atoms with Gasteiger partial charge in [0.2, 0.25) is 11.7 Å². The molecule has 1 amide bonds. The number of amides is 1. The molecule has 6 nitrogen and oxygen atoms in total. The maximum Gasteiger partial charge on any atom is 0.244 e. The SMILES string of the molecule is COc1cc(/C=C/C(=O)NCCC(O)c2cccs2)cc(OC)c1OC. The van der Waals surface area contributed by atoms with E-state index in [9.17, 15) is 9.90 Å². The molecular formula is C19H23NO5S. The molecule has 140 valence electrons. The van der Waals surface area contributed by atoms with Gasteiger partial charge in [0.05, 0.1) is 27.4 Å². The van der Waals surface area contributed by atoms with E-state index in [-0.39, 0.29) is 5.91 Å². The summed E-state index contributed by atoms with van der Waals surface area (Å²) in [6.45, 7) is 0.386. The Labute approximate surface area is 157 Å². The monoisotopic (exact) mass is 377 g/mol. The van der Waals surface area contributed by atoms with Gasteiger partial charge >= 0.3 is 0 Å². The van der Waals surface area contributed by atoms with Crippen LogP contribution >= 0.6 is 11.3 Å². The zero-order valence-corrected chi connectivity index (χ0v) is 15.8.